The molecule has 2 aliphatic heterocycles. The molecule has 0 amide bonds. The van der Waals surface area contributed by atoms with Gasteiger partial charge in [-0.25, -0.2) is 0 Å². The zero-order valence-electron chi connectivity index (χ0n) is 14.7. The van der Waals surface area contributed by atoms with Gasteiger partial charge in [-0.3, -0.25) is 4.90 Å². The second-order valence-electron chi connectivity index (χ2n) is 8.45. The molecule has 128 valence electrons. The van der Waals surface area contributed by atoms with Gasteiger partial charge in [0.2, 0.25) is 0 Å². The second-order valence-corrected chi connectivity index (χ2v) is 8.45. The lowest BCUT2D eigenvalue weighted by Crippen LogP contribution is -2.76. The van der Waals surface area contributed by atoms with Gasteiger partial charge in [-0.05, 0) is 56.2 Å². The van der Waals surface area contributed by atoms with Crippen LogP contribution in [0.5, 0.6) is 5.75 Å². The minimum Gasteiger partial charge on any atom is -0.489 e. The molecule has 3 heteroatoms. The molecule has 24 heavy (non-hydrogen) atoms. The first-order valence-electron chi connectivity index (χ1n) is 9.40. The van der Waals surface area contributed by atoms with E-state index in [4.69, 9.17) is 4.74 Å². The molecular formula is C21H27NO2. The van der Waals surface area contributed by atoms with E-state index in [0.717, 1.165) is 44.5 Å². The topological polar surface area (TPSA) is 32.7 Å². The monoisotopic (exact) mass is 325 g/mol. The molecule has 3 unspecified atom stereocenters. The van der Waals surface area contributed by atoms with Crippen molar-refractivity contribution in [1.29, 1.82) is 0 Å². The van der Waals surface area contributed by atoms with Crippen LogP contribution in [0.3, 0.4) is 0 Å². The van der Waals surface area contributed by atoms with Crippen molar-refractivity contribution in [1.82, 2.24) is 4.90 Å². The van der Waals surface area contributed by atoms with Crippen LogP contribution in [0.4, 0.5) is 0 Å². The van der Waals surface area contributed by atoms with E-state index in [-0.39, 0.29) is 17.6 Å². The van der Waals surface area contributed by atoms with Crippen LogP contribution in [-0.4, -0.2) is 40.8 Å². The summed E-state index contributed by atoms with van der Waals surface area (Å²) in [6.45, 7) is 10.3. The fourth-order valence-corrected chi connectivity index (χ4v) is 6.41. The largest absolute Gasteiger partial charge is 0.489 e. The lowest BCUT2D eigenvalue weighted by atomic mass is 9.47. The molecular weight excluding hydrogens is 298 g/mol. The Hall–Kier alpha value is -1.32. The molecule has 1 saturated heterocycles. The van der Waals surface area contributed by atoms with E-state index in [2.05, 4.69) is 37.5 Å². The number of nitrogens with zero attached hydrogens (tertiary/aromatic N) is 1. The summed E-state index contributed by atoms with van der Waals surface area (Å²) in [5.41, 5.74) is 3.10. The average Bonchev–Trinajstić information content (AvgIpc) is 2.91. The zero-order chi connectivity index (χ0) is 16.7. The van der Waals surface area contributed by atoms with E-state index in [9.17, 15) is 5.11 Å². The number of benzene rings is 1. The number of hydrogen-bond donors (Lipinski definition) is 1. The van der Waals surface area contributed by atoms with E-state index in [1.165, 1.54) is 16.7 Å². The van der Waals surface area contributed by atoms with Crippen molar-refractivity contribution < 1.29 is 9.84 Å². The number of aryl methyl sites for hydroxylation is 1. The number of aliphatic hydroxyl groups is 1. The Balaban J connectivity index is 1.78. The molecule has 5 rings (SSSR count). The van der Waals surface area contributed by atoms with Crippen molar-refractivity contribution in [2.75, 3.05) is 13.1 Å². The smallest absolute Gasteiger partial charge is 0.126 e. The molecule has 3 nitrogen and oxygen atoms in total. The van der Waals surface area contributed by atoms with Crippen LogP contribution in [0.1, 0.15) is 42.9 Å². The SMILES string of the molecule is C=CCN1CC[C@]23c4c5ccc(C)c4OC2C(C)CC[C@@]3(O)C1C5. The minimum absolute atomic E-state index is 0.125. The van der Waals surface area contributed by atoms with Gasteiger partial charge in [-0.15, -0.1) is 6.58 Å². The summed E-state index contributed by atoms with van der Waals surface area (Å²) in [4.78, 5) is 2.45. The molecule has 5 atom stereocenters. The molecule has 2 bridgehead atoms. The Morgan fingerprint density at radius 2 is 2.25 bits per heavy atom. The molecule has 2 fully saturated rings. The van der Waals surface area contributed by atoms with Crippen LogP contribution in [0.15, 0.2) is 24.8 Å². The summed E-state index contributed by atoms with van der Waals surface area (Å²) in [6.07, 6.45) is 5.96. The highest BCUT2D eigenvalue weighted by atomic mass is 16.5. The number of hydrogen-bond acceptors (Lipinski definition) is 3. The number of piperidine rings is 1. The first-order valence-corrected chi connectivity index (χ1v) is 9.40. The lowest BCUT2D eigenvalue weighted by molar-refractivity contribution is -0.194. The van der Waals surface area contributed by atoms with Gasteiger partial charge < -0.3 is 9.84 Å². The summed E-state index contributed by atoms with van der Waals surface area (Å²) in [5.74, 6) is 1.58. The van der Waals surface area contributed by atoms with E-state index in [0.29, 0.717) is 5.92 Å². The van der Waals surface area contributed by atoms with E-state index < -0.39 is 5.60 Å². The standard InChI is InChI=1S/C21H27NO2/c1-4-10-22-11-9-20-17-15-6-5-13(2)18(17)24-19(20)14(3)7-8-21(20,23)16(22)12-15/h4-6,14,16,19,23H,1,7-12H2,2-3H3/t14?,16?,19?,20-,21+/m0/s1. The van der Waals surface area contributed by atoms with Crippen molar-refractivity contribution in [3.8, 4) is 5.75 Å². The average molecular weight is 325 g/mol. The second kappa shape index (κ2) is 4.64. The van der Waals surface area contributed by atoms with Crippen LogP contribution in [0, 0.1) is 12.8 Å². The summed E-state index contributed by atoms with van der Waals surface area (Å²) >= 11 is 0. The van der Waals surface area contributed by atoms with Crippen LogP contribution < -0.4 is 4.74 Å². The Morgan fingerprint density at radius 3 is 3.04 bits per heavy atom. The van der Waals surface area contributed by atoms with E-state index in [1.54, 1.807) is 0 Å². The lowest BCUT2D eigenvalue weighted by Gasteiger charge is -2.64. The van der Waals surface area contributed by atoms with Crippen molar-refractivity contribution in [3.63, 3.8) is 0 Å². The summed E-state index contributed by atoms with van der Waals surface area (Å²) < 4.78 is 6.58. The predicted octanol–water partition coefficient (Wildman–Crippen LogP) is 2.97. The zero-order valence-corrected chi connectivity index (χ0v) is 14.7. The molecule has 1 N–H and O–H groups in total. The summed E-state index contributed by atoms with van der Waals surface area (Å²) in [5, 5.41) is 12.1. The van der Waals surface area contributed by atoms with Gasteiger partial charge in [0.1, 0.15) is 11.9 Å². The van der Waals surface area contributed by atoms with Gasteiger partial charge >= 0.3 is 0 Å². The first-order chi connectivity index (χ1) is 11.5. The van der Waals surface area contributed by atoms with Gasteiger partial charge in [-0.1, -0.05) is 25.1 Å². The van der Waals surface area contributed by atoms with Crippen LogP contribution in [0.25, 0.3) is 0 Å². The van der Waals surface area contributed by atoms with Gasteiger partial charge in [0.05, 0.1) is 11.0 Å². The fourth-order valence-electron chi connectivity index (χ4n) is 6.41. The Kier molecular flexibility index (Phi) is 2.90. The Labute approximate surface area is 144 Å². The predicted molar refractivity (Wildman–Crippen MR) is 94.5 cm³/mol. The molecule has 1 aromatic rings. The van der Waals surface area contributed by atoms with Crippen LogP contribution in [-0.2, 0) is 11.8 Å². The Morgan fingerprint density at radius 1 is 1.42 bits per heavy atom. The van der Waals surface area contributed by atoms with Gasteiger partial charge in [0, 0.05) is 18.2 Å². The fraction of sp³-hybridized carbons (Fsp3) is 0.619. The maximum absolute atomic E-state index is 12.1. The summed E-state index contributed by atoms with van der Waals surface area (Å²) in [6, 6.07) is 4.67. The van der Waals surface area contributed by atoms with Crippen molar-refractivity contribution >= 4 is 0 Å². The van der Waals surface area contributed by atoms with Crippen molar-refractivity contribution in [2.24, 2.45) is 5.92 Å². The molecule has 1 spiro atoms. The molecule has 2 aliphatic carbocycles. The third-order valence-corrected chi connectivity index (χ3v) is 7.45. The highest BCUT2D eigenvalue weighted by Gasteiger charge is 2.71. The normalized spacial score (nSPS) is 42.4. The number of likely N-dealkylation sites (tertiary alicyclic amines) is 1. The third-order valence-electron chi connectivity index (χ3n) is 7.45. The minimum atomic E-state index is -0.669. The van der Waals surface area contributed by atoms with Gasteiger partial charge in [-0.2, -0.15) is 0 Å². The van der Waals surface area contributed by atoms with Crippen molar-refractivity contribution in [2.45, 2.75) is 62.7 Å². The van der Waals surface area contributed by atoms with Crippen molar-refractivity contribution in [3.05, 3.63) is 41.5 Å². The maximum Gasteiger partial charge on any atom is 0.126 e. The third kappa shape index (κ3) is 1.48. The molecule has 0 radical (unpaired) electrons. The molecule has 4 aliphatic rings. The number of rotatable bonds is 2. The van der Waals surface area contributed by atoms with Crippen LogP contribution in [0.2, 0.25) is 0 Å². The van der Waals surface area contributed by atoms with E-state index in [1.807, 2.05) is 6.08 Å². The highest BCUT2D eigenvalue weighted by Crippen LogP contribution is 2.65. The molecule has 0 aromatic heterocycles. The van der Waals surface area contributed by atoms with Gasteiger partial charge in [0.15, 0.2) is 0 Å². The molecule has 1 aromatic carbocycles. The highest BCUT2D eigenvalue weighted by molar-refractivity contribution is 5.60. The quantitative estimate of drug-likeness (QED) is 0.849. The molecule has 2 heterocycles. The number of ether oxygens (including phenoxy) is 1. The van der Waals surface area contributed by atoms with Crippen LogP contribution >= 0.6 is 0 Å². The van der Waals surface area contributed by atoms with Gasteiger partial charge in [0.25, 0.3) is 0 Å². The molecule has 1 saturated carbocycles. The maximum atomic E-state index is 12.1. The van der Waals surface area contributed by atoms with E-state index >= 15 is 0 Å². The first kappa shape index (κ1) is 15.0. The summed E-state index contributed by atoms with van der Waals surface area (Å²) in [7, 11) is 0. The Bertz CT molecular complexity index is 729.